The van der Waals surface area contributed by atoms with Gasteiger partial charge in [-0.25, -0.2) is 14.2 Å². The number of benzene rings is 1. The van der Waals surface area contributed by atoms with Gasteiger partial charge in [-0.1, -0.05) is 11.6 Å². The number of carbonyl (C=O) groups is 2. The maximum atomic E-state index is 14.4. The van der Waals surface area contributed by atoms with Crippen LogP contribution in [0.25, 0.3) is 11.3 Å². The van der Waals surface area contributed by atoms with Crippen LogP contribution in [-0.2, 0) is 9.53 Å². The van der Waals surface area contributed by atoms with Crippen molar-refractivity contribution in [2.24, 2.45) is 0 Å². The van der Waals surface area contributed by atoms with E-state index >= 15 is 0 Å². The Morgan fingerprint density at radius 1 is 1.07 bits per heavy atom. The summed E-state index contributed by atoms with van der Waals surface area (Å²) in [4.78, 5) is 34.6. The van der Waals surface area contributed by atoms with Gasteiger partial charge in [-0.15, -0.1) is 0 Å². The number of nitrogens with one attached hydrogen (secondary N) is 2. The number of piperazine rings is 1. The smallest absolute Gasteiger partial charge is 0.409 e. The molecule has 2 N–H and O–H groups in total. The predicted octanol–water partition coefficient (Wildman–Crippen LogP) is 4.03. The Morgan fingerprint density at radius 3 is 2.54 bits per heavy atom. The minimum absolute atomic E-state index is 0.128. The average molecular weight is 585 g/mol. The molecule has 1 aromatic carbocycles. The van der Waals surface area contributed by atoms with E-state index in [4.69, 9.17) is 16.3 Å². The van der Waals surface area contributed by atoms with Crippen LogP contribution in [0.1, 0.15) is 12.1 Å². The van der Waals surface area contributed by atoms with Crippen molar-refractivity contribution in [3.8, 4) is 11.3 Å². The highest BCUT2D eigenvalue weighted by atomic mass is 35.5. The molecule has 0 aliphatic carbocycles. The summed E-state index contributed by atoms with van der Waals surface area (Å²) < 4.78 is 19.1. The second kappa shape index (κ2) is 14.2. The number of likely N-dealkylation sites (N-methyl/N-ethyl adjacent to an activating group) is 1. The fourth-order valence-corrected chi connectivity index (χ4v) is 4.55. The van der Waals surface area contributed by atoms with Crippen molar-refractivity contribution in [2.75, 3.05) is 70.6 Å². The number of nitrogens with zero attached hydrogens (tertiary/aromatic N) is 6. The first-order chi connectivity index (χ1) is 19.7. The lowest BCUT2D eigenvalue weighted by molar-refractivity contribution is -0.116. The standard InChI is InChI=1S/C28H34ClFN8O3/c1-19-24(18-25(35-34-19)22-16-20(29)4-5-23(22)30)32-21-6-8-31-26(17-21)33-27(39)7-9-37-12-14-38(15-13-37)11-10-36(2)28(40)41-3/h4-6,8,16-18H,7,9-15H2,1-3H3,(H2,31,32,33,35,39). The molecular weight excluding hydrogens is 551 g/mol. The van der Waals surface area contributed by atoms with Gasteiger partial charge in [-0.2, -0.15) is 10.2 Å². The van der Waals surface area contributed by atoms with Crippen LogP contribution >= 0.6 is 11.6 Å². The fourth-order valence-electron chi connectivity index (χ4n) is 4.38. The number of ether oxygens (including phenoxy) is 1. The average Bonchev–Trinajstić information content (AvgIpc) is 2.97. The van der Waals surface area contributed by atoms with Crippen LogP contribution in [-0.4, -0.2) is 102 Å². The summed E-state index contributed by atoms with van der Waals surface area (Å²) in [5.74, 6) is -0.157. The Labute approximate surface area is 243 Å². The van der Waals surface area contributed by atoms with Gasteiger partial charge in [0.2, 0.25) is 5.91 Å². The normalized spacial score (nSPS) is 14.0. The predicted molar refractivity (Wildman–Crippen MR) is 156 cm³/mol. The minimum Gasteiger partial charge on any atom is -0.453 e. The maximum absolute atomic E-state index is 14.4. The highest BCUT2D eigenvalue weighted by molar-refractivity contribution is 6.30. The molecule has 41 heavy (non-hydrogen) atoms. The summed E-state index contributed by atoms with van der Waals surface area (Å²) in [5.41, 5.74) is 2.53. The van der Waals surface area contributed by atoms with Gasteiger partial charge in [0.1, 0.15) is 11.6 Å². The number of hydrogen-bond acceptors (Lipinski definition) is 9. The summed E-state index contributed by atoms with van der Waals surface area (Å²) in [5, 5.41) is 14.8. The largest absolute Gasteiger partial charge is 0.453 e. The third kappa shape index (κ3) is 8.56. The van der Waals surface area contributed by atoms with E-state index < -0.39 is 5.82 Å². The number of carbonyl (C=O) groups excluding carboxylic acids is 2. The molecule has 0 atom stereocenters. The molecule has 4 rings (SSSR count). The lowest BCUT2D eigenvalue weighted by atomic mass is 10.1. The summed E-state index contributed by atoms with van der Waals surface area (Å²) in [6.07, 6.45) is 1.59. The van der Waals surface area contributed by atoms with E-state index in [-0.39, 0.29) is 17.6 Å². The van der Waals surface area contributed by atoms with Gasteiger partial charge in [0.15, 0.2) is 0 Å². The molecule has 11 nitrogen and oxygen atoms in total. The van der Waals surface area contributed by atoms with Crippen LogP contribution in [0.4, 0.5) is 26.4 Å². The zero-order valence-corrected chi connectivity index (χ0v) is 24.1. The first-order valence-corrected chi connectivity index (χ1v) is 13.7. The van der Waals surface area contributed by atoms with Crippen LogP contribution in [0.3, 0.4) is 0 Å². The molecule has 1 saturated heterocycles. The number of hydrogen-bond donors (Lipinski definition) is 2. The number of halogens is 2. The van der Waals surface area contributed by atoms with Crippen molar-refractivity contribution in [3.63, 3.8) is 0 Å². The number of aromatic nitrogens is 3. The number of methoxy groups -OCH3 is 1. The van der Waals surface area contributed by atoms with Crippen molar-refractivity contribution in [1.29, 1.82) is 0 Å². The Bertz CT molecular complexity index is 1370. The molecule has 3 aromatic rings. The van der Waals surface area contributed by atoms with Gasteiger partial charge in [-0.3, -0.25) is 9.69 Å². The van der Waals surface area contributed by atoms with Gasteiger partial charge in [0.05, 0.1) is 24.2 Å². The van der Waals surface area contributed by atoms with Gasteiger partial charge < -0.3 is 25.2 Å². The van der Waals surface area contributed by atoms with E-state index in [1.165, 1.54) is 25.3 Å². The van der Waals surface area contributed by atoms with E-state index in [9.17, 15) is 14.0 Å². The van der Waals surface area contributed by atoms with Crippen molar-refractivity contribution in [2.45, 2.75) is 13.3 Å². The Kier molecular flexibility index (Phi) is 10.4. The zero-order valence-electron chi connectivity index (χ0n) is 23.4. The molecule has 13 heteroatoms. The molecule has 0 spiro atoms. The van der Waals surface area contributed by atoms with E-state index in [0.29, 0.717) is 53.1 Å². The first kappa shape index (κ1) is 30.1. The van der Waals surface area contributed by atoms with Gasteiger partial charge in [-0.05, 0) is 37.3 Å². The molecular formula is C28H34ClFN8O3. The van der Waals surface area contributed by atoms with Crippen LogP contribution in [0.5, 0.6) is 0 Å². The summed E-state index contributed by atoms with van der Waals surface area (Å²) >= 11 is 6.04. The van der Waals surface area contributed by atoms with Gasteiger partial charge in [0, 0.05) is 87.8 Å². The second-order valence-electron chi connectivity index (χ2n) is 9.78. The van der Waals surface area contributed by atoms with Crippen molar-refractivity contribution >= 4 is 40.8 Å². The molecule has 218 valence electrons. The topological polar surface area (TPSA) is 116 Å². The minimum atomic E-state index is -0.447. The zero-order chi connectivity index (χ0) is 29.4. The number of rotatable bonds is 10. The molecule has 1 fully saturated rings. The SMILES string of the molecule is COC(=O)N(C)CCN1CCN(CCC(=O)Nc2cc(Nc3cc(-c4cc(Cl)ccc4F)nnc3C)ccn2)CC1. The summed E-state index contributed by atoms with van der Waals surface area (Å²) in [6, 6.07) is 9.46. The molecule has 0 saturated carbocycles. The van der Waals surface area contributed by atoms with Gasteiger partial charge >= 0.3 is 6.09 Å². The molecule has 3 heterocycles. The quantitative estimate of drug-likeness (QED) is 0.364. The van der Waals surface area contributed by atoms with Crippen molar-refractivity contribution in [1.82, 2.24) is 29.9 Å². The lowest BCUT2D eigenvalue weighted by Gasteiger charge is -2.35. The number of amides is 2. The number of aryl methyl sites for hydroxylation is 1. The number of pyridine rings is 1. The van der Waals surface area contributed by atoms with Crippen molar-refractivity contribution < 1.29 is 18.7 Å². The highest BCUT2D eigenvalue weighted by Crippen LogP contribution is 2.28. The second-order valence-corrected chi connectivity index (χ2v) is 10.2. The first-order valence-electron chi connectivity index (χ1n) is 13.3. The Hall–Kier alpha value is -3.87. The molecule has 0 bridgehead atoms. The highest BCUT2D eigenvalue weighted by Gasteiger charge is 2.19. The molecule has 0 radical (unpaired) electrons. The number of anilines is 3. The Morgan fingerprint density at radius 2 is 1.80 bits per heavy atom. The van der Waals surface area contributed by atoms with Crippen LogP contribution in [0.15, 0.2) is 42.6 Å². The van der Waals surface area contributed by atoms with Crippen LogP contribution in [0, 0.1) is 12.7 Å². The van der Waals surface area contributed by atoms with Crippen molar-refractivity contribution in [3.05, 3.63) is 59.1 Å². The maximum Gasteiger partial charge on any atom is 0.409 e. The fraction of sp³-hybridized carbons (Fsp3) is 0.393. The van der Waals surface area contributed by atoms with E-state index in [0.717, 1.165) is 32.7 Å². The Balaban J connectivity index is 1.27. The molecule has 2 aromatic heterocycles. The lowest BCUT2D eigenvalue weighted by Crippen LogP contribution is -2.49. The van der Waals surface area contributed by atoms with E-state index in [2.05, 4.69) is 35.6 Å². The van der Waals surface area contributed by atoms with Crippen LogP contribution in [0.2, 0.25) is 5.02 Å². The molecule has 1 aliphatic rings. The summed E-state index contributed by atoms with van der Waals surface area (Å²) in [6.45, 7) is 7.28. The molecule has 2 amide bonds. The summed E-state index contributed by atoms with van der Waals surface area (Å²) in [7, 11) is 3.10. The monoisotopic (exact) mass is 584 g/mol. The van der Waals surface area contributed by atoms with E-state index in [1.807, 2.05) is 0 Å². The molecule has 1 aliphatic heterocycles. The van der Waals surface area contributed by atoms with Crippen LogP contribution < -0.4 is 10.6 Å². The van der Waals surface area contributed by atoms with E-state index in [1.54, 1.807) is 43.3 Å². The third-order valence-electron chi connectivity index (χ3n) is 6.85. The molecule has 0 unspecified atom stereocenters. The van der Waals surface area contributed by atoms with Gasteiger partial charge in [0.25, 0.3) is 0 Å². The third-order valence-corrected chi connectivity index (χ3v) is 7.08.